The highest BCUT2D eigenvalue weighted by Crippen LogP contribution is 2.08. The van der Waals surface area contributed by atoms with Gasteiger partial charge in [-0.15, -0.1) is 34.2 Å². The van der Waals surface area contributed by atoms with Crippen LogP contribution in [0.25, 0.3) is 5.65 Å². The summed E-state index contributed by atoms with van der Waals surface area (Å²) in [4.78, 5) is 4.67. The van der Waals surface area contributed by atoms with E-state index in [0.29, 0.717) is 19.7 Å². The van der Waals surface area contributed by atoms with Crippen LogP contribution in [0.2, 0.25) is 0 Å². The fraction of sp³-hybridized carbons (Fsp3) is 0.381. The lowest BCUT2D eigenvalue weighted by molar-refractivity contribution is 0.0657. The number of aromatic nitrogens is 3. The Bertz CT molecular complexity index is 907. The molecule has 0 aliphatic carbocycles. The number of nitrogens with zero attached hydrogens (tertiary/aromatic N) is 4. The monoisotopic (exact) mass is 508 g/mol. The van der Waals surface area contributed by atoms with Crippen LogP contribution in [-0.4, -0.2) is 33.2 Å². The lowest BCUT2D eigenvalue weighted by Gasteiger charge is -2.11. The second-order valence-corrected chi connectivity index (χ2v) is 6.77. The summed E-state index contributed by atoms with van der Waals surface area (Å²) in [5, 5.41) is 15.0. The number of ether oxygens (including phenoxy) is 1. The molecule has 3 aromatic rings. The van der Waals surface area contributed by atoms with Crippen LogP contribution >= 0.6 is 24.0 Å². The van der Waals surface area contributed by atoms with Crippen molar-refractivity contribution in [2.24, 2.45) is 4.99 Å². The molecule has 29 heavy (non-hydrogen) atoms. The zero-order valence-corrected chi connectivity index (χ0v) is 19.5. The van der Waals surface area contributed by atoms with Crippen molar-refractivity contribution in [1.29, 1.82) is 0 Å². The van der Waals surface area contributed by atoms with Gasteiger partial charge in [0.25, 0.3) is 0 Å². The number of rotatable bonds is 8. The third kappa shape index (κ3) is 6.97. The van der Waals surface area contributed by atoms with Gasteiger partial charge >= 0.3 is 0 Å². The smallest absolute Gasteiger partial charge is 0.191 e. The fourth-order valence-corrected chi connectivity index (χ4v) is 2.69. The molecular formula is C21H29IN6O. The average Bonchev–Trinajstić information content (AvgIpc) is 3.12. The maximum Gasteiger partial charge on any atom is 0.191 e. The van der Waals surface area contributed by atoms with Crippen LogP contribution < -0.4 is 10.6 Å². The molecule has 2 N–H and O–H groups in total. The van der Waals surface area contributed by atoms with E-state index in [2.05, 4.69) is 50.1 Å². The SMILES string of the molecule is CCNC(=NCc1ccc(COC(C)C)cc1)NCc1nnc2ccccn12.I. The minimum Gasteiger partial charge on any atom is -0.374 e. The first-order valence-electron chi connectivity index (χ1n) is 9.66. The molecule has 0 bridgehead atoms. The largest absolute Gasteiger partial charge is 0.374 e. The maximum atomic E-state index is 5.64. The molecular weight excluding hydrogens is 479 g/mol. The molecule has 2 heterocycles. The van der Waals surface area contributed by atoms with Crippen LogP contribution in [0.15, 0.2) is 53.7 Å². The van der Waals surface area contributed by atoms with E-state index in [9.17, 15) is 0 Å². The van der Waals surface area contributed by atoms with Crippen molar-refractivity contribution >= 4 is 35.6 Å². The van der Waals surface area contributed by atoms with Crippen molar-refractivity contribution in [3.63, 3.8) is 0 Å². The standard InChI is InChI=1S/C21H28N6O.HI/c1-4-22-21(24-14-20-26-25-19-7-5-6-12-27(19)20)23-13-17-8-10-18(11-9-17)15-28-16(2)3;/h5-12,16H,4,13-15H2,1-3H3,(H2,22,23,24);1H. The molecule has 0 aliphatic heterocycles. The lowest BCUT2D eigenvalue weighted by atomic mass is 10.1. The van der Waals surface area contributed by atoms with Gasteiger partial charge in [0.05, 0.1) is 25.8 Å². The Morgan fingerprint density at radius 3 is 2.55 bits per heavy atom. The summed E-state index contributed by atoms with van der Waals surface area (Å²) in [5.74, 6) is 1.60. The number of aliphatic imine (C=N–C) groups is 1. The maximum absolute atomic E-state index is 5.64. The Kier molecular flexibility index (Phi) is 9.33. The summed E-state index contributed by atoms with van der Waals surface area (Å²) in [6, 6.07) is 14.2. The van der Waals surface area contributed by atoms with Gasteiger partial charge in [0.2, 0.25) is 0 Å². The average molecular weight is 508 g/mol. The number of fused-ring (bicyclic) bond motifs is 1. The zero-order valence-electron chi connectivity index (χ0n) is 17.1. The summed E-state index contributed by atoms with van der Waals surface area (Å²) in [5.41, 5.74) is 3.16. The Hall–Kier alpha value is -2.20. The van der Waals surface area contributed by atoms with Gasteiger partial charge in [-0.3, -0.25) is 4.40 Å². The van der Waals surface area contributed by atoms with Gasteiger partial charge in [-0.25, -0.2) is 4.99 Å². The number of hydrogen-bond donors (Lipinski definition) is 2. The molecule has 0 unspecified atom stereocenters. The Labute approximate surface area is 189 Å². The molecule has 7 nitrogen and oxygen atoms in total. The van der Waals surface area contributed by atoms with Gasteiger partial charge < -0.3 is 15.4 Å². The second-order valence-electron chi connectivity index (χ2n) is 6.77. The Balaban J connectivity index is 0.00000300. The van der Waals surface area contributed by atoms with Crippen molar-refractivity contribution in [3.8, 4) is 0 Å². The number of halogens is 1. The molecule has 0 atom stereocenters. The quantitative estimate of drug-likeness (QED) is 0.277. The molecule has 0 aliphatic rings. The summed E-state index contributed by atoms with van der Waals surface area (Å²) < 4.78 is 7.60. The van der Waals surface area contributed by atoms with Crippen LogP contribution in [-0.2, 0) is 24.4 Å². The predicted molar refractivity (Wildman–Crippen MR) is 126 cm³/mol. The summed E-state index contributed by atoms with van der Waals surface area (Å²) >= 11 is 0. The third-order valence-corrected chi connectivity index (χ3v) is 4.17. The molecule has 156 valence electrons. The van der Waals surface area contributed by atoms with Crippen molar-refractivity contribution in [1.82, 2.24) is 25.2 Å². The highest BCUT2D eigenvalue weighted by Gasteiger charge is 2.05. The first-order valence-corrected chi connectivity index (χ1v) is 9.66. The summed E-state index contributed by atoms with van der Waals surface area (Å²) in [6.07, 6.45) is 2.20. The van der Waals surface area contributed by atoms with Gasteiger partial charge in [0.15, 0.2) is 17.4 Å². The minimum absolute atomic E-state index is 0. The van der Waals surface area contributed by atoms with Crippen LogP contribution in [0.4, 0.5) is 0 Å². The zero-order chi connectivity index (χ0) is 19.8. The highest BCUT2D eigenvalue weighted by molar-refractivity contribution is 14.0. The van der Waals surface area contributed by atoms with Crippen LogP contribution in [0.1, 0.15) is 37.7 Å². The first kappa shape index (κ1) is 23.1. The normalized spacial score (nSPS) is 11.5. The second kappa shape index (κ2) is 11.7. The molecule has 8 heteroatoms. The Morgan fingerprint density at radius 1 is 1.07 bits per heavy atom. The van der Waals surface area contributed by atoms with E-state index >= 15 is 0 Å². The van der Waals surface area contributed by atoms with Crippen molar-refractivity contribution < 1.29 is 4.74 Å². The van der Waals surface area contributed by atoms with Gasteiger partial charge in [-0.1, -0.05) is 30.3 Å². The van der Waals surface area contributed by atoms with E-state index in [4.69, 9.17) is 4.74 Å². The number of hydrogen-bond acceptors (Lipinski definition) is 4. The van der Waals surface area contributed by atoms with E-state index in [1.165, 1.54) is 5.56 Å². The minimum atomic E-state index is 0. The third-order valence-electron chi connectivity index (χ3n) is 4.17. The molecule has 0 amide bonds. The highest BCUT2D eigenvalue weighted by atomic mass is 127. The van der Waals surface area contributed by atoms with Crippen molar-refractivity contribution in [3.05, 3.63) is 65.6 Å². The summed E-state index contributed by atoms with van der Waals surface area (Å²) in [7, 11) is 0. The van der Waals surface area contributed by atoms with Crippen LogP contribution in [0.5, 0.6) is 0 Å². The van der Waals surface area contributed by atoms with Crippen molar-refractivity contribution in [2.75, 3.05) is 6.54 Å². The van der Waals surface area contributed by atoms with Gasteiger partial charge in [-0.2, -0.15) is 0 Å². The molecule has 0 fully saturated rings. The van der Waals surface area contributed by atoms with Gasteiger partial charge in [0, 0.05) is 12.7 Å². The molecule has 0 saturated carbocycles. The molecule has 0 radical (unpaired) electrons. The van der Waals surface area contributed by atoms with Gasteiger partial charge in [0.1, 0.15) is 0 Å². The first-order chi connectivity index (χ1) is 13.7. The Morgan fingerprint density at radius 2 is 1.83 bits per heavy atom. The molecule has 2 aromatic heterocycles. The topological polar surface area (TPSA) is 75.8 Å². The number of pyridine rings is 1. The van der Waals surface area contributed by atoms with E-state index < -0.39 is 0 Å². The van der Waals surface area contributed by atoms with Gasteiger partial charge in [-0.05, 0) is 44.0 Å². The number of benzene rings is 1. The summed E-state index contributed by atoms with van der Waals surface area (Å²) in [6.45, 7) is 8.70. The number of nitrogens with one attached hydrogen (secondary N) is 2. The van der Waals surface area contributed by atoms with E-state index in [1.54, 1.807) is 0 Å². The molecule has 1 aromatic carbocycles. The van der Waals surface area contributed by atoms with Crippen molar-refractivity contribution in [2.45, 2.75) is 46.6 Å². The van der Waals surface area contributed by atoms with Crippen LogP contribution in [0, 0.1) is 0 Å². The van der Waals surface area contributed by atoms with E-state index in [-0.39, 0.29) is 30.1 Å². The molecule has 0 spiro atoms. The molecule has 0 saturated heterocycles. The number of guanidine groups is 1. The molecule has 3 rings (SSSR count). The van der Waals surface area contributed by atoms with Crippen LogP contribution in [0.3, 0.4) is 0 Å². The van der Waals surface area contributed by atoms with E-state index in [0.717, 1.165) is 29.5 Å². The van der Waals surface area contributed by atoms with E-state index in [1.807, 2.05) is 49.6 Å². The predicted octanol–water partition coefficient (Wildman–Crippen LogP) is 3.53. The fourth-order valence-electron chi connectivity index (χ4n) is 2.69. The lowest BCUT2D eigenvalue weighted by Crippen LogP contribution is -2.37.